The molecule has 0 amide bonds. The number of benzene rings is 2. The highest BCUT2D eigenvalue weighted by Crippen LogP contribution is 2.22. The second kappa shape index (κ2) is 4.82. The second-order valence-corrected chi connectivity index (χ2v) is 5.08. The van der Waals surface area contributed by atoms with Gasteiger partial charge in [0.25, 0.3) is 0 Å². The van der Waals surface area contributed by atoms with Crippen molar-refractivity contribution in [3.63, 3.8) is 0 Å². The minimum Gasteiger partial charge on any atom is -0.422 e. The largest absolute Gasteiger partial charge is 0.422 e. The van der Waals surface area contributed by atoms with E-state index in [9.17, 15) is 4.79 Å². The Kier molecular flexibility index (Phi) is 2.80. The van der Waals surface area contributed by atoms with Crippen LogP contribution in [0.5, 0.6) is 0 Å². The topological polar surface area (TPSA) is 79.1 Å². The molecule has 0 fully saturated rings. The van der Waals surface area contributed by atoms with Crippen molar-refractivity contribution in [1.29, 1.82) is 0 Å². The Labute approximate surface area is 124 Å². The maximum Gasteiger partial charge on any atom is 0.347 e. The molecule has 2 aromatic carbocycles. The highest BCUT2D eigenvalue weighted by atomic mass is 16.4. The number of para-hydroxylation sites is 2. The summed E-state index contributed by atoms with van der Waals surface area (Å²) in [5.74, 6) is 0.489. The number of hydrogen-bond donors (Lipinski definition) is 2. The summed E-state index contributed by atoms with van der Waals surface area (Å²) >= 11 is 0. The van der Waals surface area contributed by atoms with Gasteiger partial charge < -0.3 is 14.5 Å². The van der Waals surface area contributed by atoms with E-state index in [0.29, 0.717) is 22.5 Å². The van der Waals surface area contributed by atoms with Crippen LogP contribution in [0.25, 0.3) is 33.4 Å². The van der Waals surface area contributed by atoms with Gasteiger partial charge in [-0.1, -0.05) is 24.3 Å². The van der Waals surface area contributed by atoms with Crippen molar-refractivity contribution in [2.45, 2.75) is 6.61 Å². The molecule has 0 unspecified atom stereocenters. The first-order chi connectivity index (χ1) is 10.7. The van der Waals surface area contributed by atoms with E-state index in [4.69, 9.17) is 9.52 Å². The molecule has 0 saturated heterocycles. The second-order valence-electron chi connectivity index (χ2n) is 5.08. The molecule has 4 aromatic rings. The lowest BCUT2D eigenvalue weighted by molar-refractivity contribution is 0.282. The molecule has 0 atom stereocenters. The van der Waals surface area contributed by atoms with Crippen molar-refractivity contribution >= 4 is 22.0 Å². The van der Waals surface area contributed by atoms with Gasteiger partial charge in [-0.25, -0.2) is 9.78 Å². The lowest BCUT2D eigenvalue weighted by Gasteiger charge is -2.01. The minimum atomic E-state index is -0.457. The highest BCUT2D eigenvalue weighted by molar-refractivity contribution is 5.83. The molecule has 4 rings (SSSR count). The molecule has 0 bridgehead atoms. The Morgan fingerprint density at radius 2 is 2.00 bits per heavy atom. The van der Waals surface area contributed by atoms with Gasteiger partial charge in [-0.05, 0) is 29.8 Å². The quantitative estimate of drug-likeness (QED) is 0.557. The monoisotopic (exact) mass is 292 g/mol. The third-order valence-corrected chi connectivity index (χ3v) is 3.63. The number of aliphatic hydroxyl groups excluding tert-OH is 1. The van der Waals surface area contributed by atoms with Crippen LogP contribution >= 0.6 is 0 Å². The van der Waals surface area contributed by atoms with E-state index in [1.807, 2.05) is 30.3 Å². The highest BCUT2D eigenvalue weighted by Gasteiger charge is 2.12. The number of nitrogens with one attached hydrogen (secondary N) is 1. The third kappa shape index (κ3) is 1.99. The molecule has 22 heavy (non-hydrogen) atoms. The summed E-state index contributed by atoms with van der Waals surface area (Å²) in [6.07, 6.45) is 0. The molecule has 0 radical (unpaired) electrons. The molecule has 2 heterocycles. The Balaban J connectivity index is 1.94. The van der Waals surface area contributed by atoms with Crippen LogP contribution in [0.4, 0.5) is 0 Å². The van der Waals surface area contributed by atoms with Crippen LogP contribution in [0.1, 0.15) is 5.56 Å². The molecule has 108 valence electrons. The van der Waals surface area contributed by atoms with Crippen LogP contribution in [0, 0.1) is 0 Å². The van der Waals surface area contributed by atoms with Crippen LogP contribution in [-0.4, -0.2) is 15.1 Å². The summed E-state index contributed by atoms with van der Waals surface area (Å²) in [6, 6.07) is 14.6. The first-order valence-corrected chi connectivity index (χ1v) is 6.87. The van der Waals surface area contributed by atoms with Gasteiger partial charge in [0.05, 0.1) is 17.6 Å². The van der Waals surface area contributed by atoms with E-state index >= 15 is 0 Å². The van der Waals surface area contributed by atoms with Gasteiger partial charge in [-0.15, -0.1) is 0 Å². The molecule has 5 heteroatoms. The van der Waals surface area contributed by atoms with E-state index in [1.54, 1.807) is 18.2 Å². The average molecular weight is 292 g/mol. The van der Waals surface area contributed by atoms with Crippen LogP contribution < -0.4 is 5.63 Å². The van der Waals surface area contributed by atoms with Gasteiger partial charge in [-0.2, -0.15) is 0 Å². The van der Waals surface area contributed by atoms with Gasteiger partial charge in [0, 0.05) is 5.39 Å². The molecule has 5 nitrogen and oxygen atoms in total. The maximum absolute atomic E-state index is 12.2. The number of fused-ring (bicyclic) bond motifs is 2. The fourth-order valence-electron chi connectivity index (χ4n) is 2.50. The average Bonchev–Trinajstić information content (AvgIpc) is 2.97. The van der Waals surface area contributed by atoms with Gasteiger partial charge in [0.15, 0.2) is 0 Å². The normalized spacial score (nSPS) is 11.3. The number of rotatable bonds is 2. The Hall–Kier alpha value is -2.92. The predicted octanol–water partition coefficient (Wildman–Crippen LogP) is 2.83. The number of imidazole rings is 1. The summed E-state index contributed by atoms with van der Waals surface area (Å²) in [5.41, 5.74) is 2.76. The minimum absolute atomic E-state index is 0.0923. The van der Waals surface area contributed by atoms with E-state index < -0.39 is 5.63 Å². The Morgan fingerprint density at radius 1 is 1.14 bits per heavy atom. The zero-order valence-electron chi connectivity index (χ0n) is 11.5. The molecule has 0 aliphatic rings. The fourth-order valence-corrected chi connectivity index (χ4v) is 2.50. The van der Waals surface area contributed by atoms with Crippen molar-refractivity contribution in [3.05, 3.63) is 64.5 Å². The van der Waals surface area contributed by atoms with Gasteiger partial charge in [0.2, 0.25) is 0 Å². The number of aliphatic hydroxyl groups is 1. The van der Waals surface area contributed by atoms with Gasteiger partial charge >= 0.3 is 5.63 Å². The summed E-state index contributed by atoms with van der Waals surface area (Å²) in [6.45, 7) is -0.0923. The Bertz CT molecular complexity index is 1010. The molecular weight excluding hydrogens is 280 g/mol. The molecule has 2 N–H and O–H groups in total. The van der Waals surface area contributed by atoms with E-state index in [1.165, 1.54) is 0 Å². The predicted molar refractivity (Wildman–Crippen MR) is 83.5 cm³/mol. The molecule has 0 aliphatic heterocycles. The van der Waals surface area contributed by atoms with Crippen molar-refractivity contribution in [1.82, 2.24) is 9.97 Å². The van der Waals surface area contributed by atoms with Gasteiger partial charge in [0.1, 0.15) is 17.0 Å². The molecular formula is C17H12N2O3. The van der Waals surface area contributed by atoms with Crippen LogP contribution in [0.3, 0.4) is 0 Å². The zero-order valence-corrected chi connectivity index (χ0v) is 11.5. The Morgan fingerprint density at radius 3 is 2.82 bits per heavy atom. The molecule has 2 aromatic heterocycles. The number of aromatic nitrogens is 2. The van der Waals surface area contributed by atoms with Crippen molar-refractivity contribution in [2.24, 2.45) is 0 Å². The van der Waals surface area contributed by atoms with E-state index in [-0.39, 0.29) is 6.61 Å². The fraction of sp³-hybridized carbons (Fsp3) is 0.0588. The standard InChI is InChI=1S/C17H12N2O3/c20-9-10-5-6-11-8-12(17(21)22-15(11)7-10)16-18-13-3-1-2-4-14(13)19-16/h1-8,20H,9H2,(H,18,19). The maximum atomic E-state index is 12.2. The van der Waals surface area contributed by atoms with Crippen molar-refractivity contribution in [2.75, 3.05) is 0 Å². The van der Waals surface area contributed by atoms with Crippen LogP contribution in [-0.2, 0) is 6.61 Å². The van der Waals surface area contributed by atoms with Gasteiger partial charge in [-0.3, -0.25) is 0 Å². The zero-order chi connectivity index (χ0) is 15.1. The first-order valence-electron chi connectivity index (χ1n) is 6.87. The summed E-state index contributed by atoms with van der Waals surface area (Å²) in [5, 5.41) is 9.93. The van der Waals surface area contributed by atoms with E-state index in [2.05, 4.69) is 9.97 Å². The number of aromatic amines is 1. The molecule has 0 saturated carbocycles. The van der Waals surface area contributed by atoms with Crippen molar-refractivity contribution in [3.8, 4) is 11.4 Å². The van der Waals surface area contributed by atoms with Crippen LogP contribution in [0.15, 0.2) is 57.7 Å². The SMILES string of the molecule is O=c1oc2cc(CO)ccc2cc1-c1nc2ccccc2[nH]1. The lowest BCUT2D eigenvalue weighted by Crippen LogP contribution is -2.03. The summed E-state index contributed by atoms with van der Waals surface area (Å²) in [7, 11) is 0. The molecule has 0 spiro atoms. The van der Waals surface area contributed by atoms with Crippen LogP contribution in [0.2, 0.25) is 0 Å². The molecule has 0 aliphatic carbocycles. The number of hydrogen-bond acceptors (Lipinski definition) is 4. The lowest BCUT2D eigenvalue weighted by atomic mass is 10.1. The summed E-state index contributed by atoms with van der Waals surface area (Å²) < 4.78 is 5.36. The third-order valence-electron chi connectivity index (χ3n) is 3.63. The summed E-state index contributed by atoms with van der Waals surface area (Å²) in [4.78, 5) is 19.8. The first kappa shape index (κ1) is 12.8. The smallest absolute Gasteiger partial charge is 0.347 e. The van der Waals surface area contributed by atoms with E-state index in [0.717, 1.165) is 16.4 Å². The number of nitrogens with zero attached hydrogens (tertiary/aromatic N) is 1. The number of H-pyrrole nitrogens is 1. The van der Waals surface area contributed by atoms with Crippen molar-refractivity contribution < 1.29 is 9.52 Å².